The Bertz CT molecular complexity index is 754. The Hall–Kier alpha value is -2.71. The highest BCUT2D eigenvalue weighted by atomic mass is 19.4. The quantitative estimate of drug-likeness (QED) is 0.344. The average Bonchev–Trinajstić information content (AvgIpc) is 2.45. The molecule has 0 spiro atoms. The number of nitro benzene ring substituents is 1. The van der Waals surface area contributed by atoms with Crippen molar-refractivity contribution >= 4 is 11.6 Å². The monoisotopic (exact) mass is 360 g/mol. The van der Waals surface area contributed by atoms with Gasteiger partial charge >= 0.3 is 6.18 Å². The topological polar surface area (TPSA) is 63.5 Å². The van der Waals surface area contributed by atoms with E-state index in [0.29, 0.717) is 17.0 Å². The van der Waals surface area contributed by atoms with Crippen molar-refractivity contribution in [2.45, 2.75) is 26.4 Å². The van der Waals surface area contributed by atoms with E-state index in [-0.39, 0.29) is 16.7 Å². The van der Waals surface area contributed by atoms with E-state index in [4.69, 9.17) is 0 Å². The smallest absolute Gasteiger partial charge is 0.311 e. The van der Waals surface area contributed by atoms with Crippen molar-refractivity contribution in [3.63, 3.8) is 0 Å². The van der Waals surface area contributed by atoms with Crippen molar-refractivity contribution in [1.82, 2.24) is 4.90 Å². The number of nitrogens with zero attached hydrogens (tertiary/aromatic N) is 2. The molecule has 9 heteroatoms. The molecule has 1 aromatic carbocycles. The van der Waals surface area contributed by atoms with Crippen LogP contribution in [0.5, 0.6) is 0 Å². The summed E-state index contributed by atoms with van der Waals surface area (Å²) in [6, 6.07) is 1.72. The summed E-state index contributed by atoms with van der Waals surface area (Å²) < 4.78 is 53.1. The van der Waals surface area contributed by atoms with E-state index in [1.807, 2.05) is 0 Å². The van der Waals surface area contributed by atoms with Gasteiger partial charge in [-0.3, -0.25) is 14.9 Å². The fourth-order valence-corrected chi connectivity index (χ4v) is 2.08. The number of amides is 1. The lowest BCUT2D eigenvalue weighted by Gasteiger charge is -2.23. The first-order valence-electron chi connectivity index (χ1n) is 6.99. The summed E-state index contributed by atoms with van der Waals surface area (Å²) in [4.78, 5) is 22.4. The molecule has 1 aromatic rings. The normalized spacial score (nSPS) is 12.0. The Morgan fingerprint density at radius 3 is 2.40 bits per heavy atom. The van der Waals surface area contributed by atoms with Crippen molar-refractivity contribution in [3.05, 3.63) is 63.1 Å². The molecule has 1 amide bonds. The van der Waals surface area contributed by atoms with Gasteiger partial charge in [0.25, 0.3) is 5.69 Å². The van der Waals surface area contributed by atoms with E-state index in [1.54, 1.807) is 0 Å². The molecule has 0 aromatic heterocycles. The molecule has 136 valence electrons. The highest BCUT2D eigenvalue weighted by Crippen LogP contribution is 2.29. The first kappa shape index (κ1) is 20.3. The summed E-state index contributed by atoms with van der Waals surface area (Å²) >= 11 is 0. The van der Waals surface area contributed by atoms with Gasteiger partial charge in [-0.25, -0.2) is 4.39 Å². The van der Waals surface area contributed by atoms with E-state index < -0.39 is 40.6 Å². The number of aryl methyl sites for hydroxylation is 1. The van der Waals surface area contributed by atoms with Crippen LogP contribution in [0.25, 0.3) is 0 Å². The third-order valence-electron chi connectivity index (χ3n) is 3.31. The number of carbonyl (C=O) groups excluding carboxylic acids is 1. The third kappa shape index (κ3) is 5.13. The molecule has 0 unspecified atom stereocenters. The van der Waals surface area contributed by atoms with Crippen molar-refractivity contribution < 1.29 is 27.3 Å². The molecule has 1 rings (SSSR count). The Kier molecular flexibility index (Phi) is 6.06. The molecule has 0 heterocycles. The number of hydrogen-bond acceptors (Lipinski definition) is 3. The van der Waals surface area contributed by atoms with Gasteiger partial charge < -0.3 is 4.90 Å². The predicted octanol–water partition coefficient (Wildman–Crippen LogP) is 4.07. The van der Waals surface area contributed by atoms with E-state index in [0.717, 1.165) is 13.1 Å². The molecule has 0 atom stereocenters. The molecule has 0 saturated heterocycles. The number of allylic oxidation sites excluding steroid dienone is 3. The lowest BCUT2D eigenvalue weighted by molar-refractivity contribution is -0.385. The molecule has 0 aliphatic carbocycles. The second-order valence-electron chi connectivity index (χ2n) is 5.49. The number of nitro groups is 1. The van der Waals surface area contributed by atoms with Crippen LogP contribution >= 0.6 is 0 Å². The van der Waals surface area contributed by atoms with E-state index in [9.17, 15) is 32.5 Å². The fourth-order valence-electron chi connectivity index (χ4n) is 2.08. The average molecular weight is 360 g/mol. The second-order valence-corrected chi connectivity index (χ2v) is 5.49. The number of halogens is 4. The Morgan fingerprint density at radius 1 is 1.40 bits per heavy atom. The number of hydrogen-bond donors (Lipinski definition) is 0. The van der Waals surface area contributed by atoms with E-state index in [1.165, 1.54) is 13.8 Å². The minimum Gasteiger partial charge on any atom is -0.311 e. The summed E-state index contributed by atoms with van der Waals surface area (Å²) in [5.74, 6) is -2.05. The maximum atomic E-state index is 13.9. The maximum Gasteiger partial charge on any atom is 0.431 e. The SMILES string of the molecule is C=C(C)/C=C(\N(C)C(=O)Cc1cc(C)c([N+](=O)[O-])cc1F)C(F)(F)F. The van der Waals surface area contributed by atoms with Gasteiger partial charge in [-0.2, -0.15) is 13.2 Å². The van der Waals surface area contributed by atoms with Crippen LogP contribution in [-0.2, 0) is 11.2 Å². The Labute approximate surface area is 141 Å². The molecular weight excluding hydrogens is 344 g/mol. The third-order valence-corrected chi connectivity index (χ3v) is 3.31. The summed E-state index contributed by atoms with van der Waals surface area (Å²) in [6.45, 7) is 6.03. The molecule has 25 heavy (non-hydrogen) atoms. The lowest BCUT2D eigenvalue weighted by atomic mass is 10.1. The van der Waals surface area contributed by atoms with Crippen molar-refractivity contribution in [2.75, 3.05) is 7.05 Å². The number of likely N-dealkylation sites (N-methyl/N-ethyl adjacent to an activating group) is 1. The van der Waals surface area contributed by atoms with E-state index >= 15 is 0 Å². The maximum absolute atomic E-state index is 13.9. The predicted molar refractivity (Wildman–Crippen MR) is 83.2 cm³/mol. The fraction of sp³-hybridized carbons (Fsp3) is 0.312. The Balaban J connectivity index is 3.15. The van der Waals surface area contributed by atoms with Crippen LogP contribution in [0.15, 0.2) is 36.1 Å². The number of alkyl halides is 3. The second kappa shape index (κ2) is 7.45. The summed E-state index contributed by atoms with van der Waals surface area (Å²) in [6.07, 6.45) is -4.77. The van der Waals surface area contributed by atoms with Gasteiger partial charge in [0.1, 0.15) is 11.5 Å². The van der Waals surface area contributed by atoms with Crippen molar-refractivity contribution in [2.24, 2.45) is 0 Å². The van der Waals surface area contributed by atoms with Gasteiger partial charge in [0.15, 0.2) is 0 Å². The van der Waals surface area contributed by atoms with Gasteiger partial charge in [0.2, 0.25) is 5.91 Å². The highest BCUT2D eigenvalue weighted by molar-refractivity contribution is 5.80. The lowest BCUT2D eigenvalue weighted by Crippen LogP contribution is -2.35. The van der Waals surface area contributed by atoms with Gasteiger partial charge in [0, 0.05) is 12.6 Å². The van der Waals surface area contributed by atoms with Crippen molar-refractivity contribution in [3.8, 4) is 0 Å². The summed E-state index contributed by atoms with van der Waals surface area (Å²) in [5.41, 5.74) is -1.74. The van der Waals surface area contributed by atoms with Crippen LogP contribution in [0, 0.1) is 22.9 Å². The zero-order chi connectivity index (χ0) is 19.5. The van der Waals surface area contributed by atoms with Crippen LogP contribution in [0.4, 0.5) is 23.2 Å². The van der Waals surface area contributed by atoms with E-state index in [2.05, 4.69) is 6.58 Å². The molecule has 0 radical (unpaired) electrons. The molecule has 0 bridgehead atoms. The molecule has 0 N–H and O–H groups in total. The van der Waals surface area contributed by atoms with Gasteiger partial charge in [-0.15, -0.1) is 0 Å². The summed E-state index contributed by atoms with van der Waals surface area (Å²) in [5, 5.41) is 10.7. The zero-order valence-electron chi connectivity index (χ0n) is 13.8. The molecule has 0 saturated carbocycles. The van der Waals surface area contributed by atoms with Crippen LogP contribution in [0.1, 0.15) is 18.1 Å². The molecule has 0 aliphatic heterocycles. The summed E-state index contributed by atoms with van der Waals surface area (Å²) in [7, 11) is 0.917. The minimum absolute atomic E-state index is 0.0873. The first-order valence-corrected chi connectivity index (χ1v) is 6.99. The number of rotatable bonds is 5. The first-order chi connectivity index (χ1) is 11.3. The van der Waals surface area contributed by atoms with Crippen molar-refractivity contribution in [1.29, 1.82) is 0 Å². The van der Waals surface area contributed by atoms with Crippen LogP contribution in [-0.4, -0.2) is 29.0 Å². The Morgan fingerprint density at radius 2 is 1.96 bits per heavy atom. The molecule has 0 aliphatic rings. The molecule has 0 fully saturated rings. The number of carbonyl (C=O) groups is 1. The van der Waals surface area contributed by atoms with Gasteiger partial charge in [-0.05, 0) is 31.6 Å². The number of benzene rings is 1. The molecular formula is C16H16F4N2O3. The minimum atomic E-state index is -4.80. The van der Waals surface area contributed by atoms with Crippen LogP contribution < -0.4 is 0 Å². The zero-order valence-corrected chi connectivity index (χ0v) is 13.8. The molecule has 5 nitrogen and oxygen atoms in total. The van der Waals surface area contributed by atoms with Gasteiger partial charge in [-0.1, -0.05) is 12.2 Å². The largest absolute Gasteiger partial charge is 0.431 e. The van der Waals surface area contributed by atoms with Gasteiger partial charge in [0.05, 0.1) is 17.4 Å². The van der Waals surface area contributed by atoms with Crippen LogP contribution in [0.2, 0.25) is 0 Å². The standard InChI is InChI=1S/C16H16F4N2O3/c1-9(2)5-14(16(18,19)20)21(4)15(23)7-11-6-10(3)13(22(24)25)8-12(11)17/h5-6,8H,1,7H2,2-4H3/b14-5-. The highest BCUT2D eigenvalue weighted by Gasteiger charge is 2.38. The van der Waals surface area contributed by atoms with Crippen LogP contribution in [0.3, 0.4) is 0 Å².